The Labute approximate surface area is 214 Å². The van der Waals surface area contributed by atoms with Crippen molar-refractivity contribution in [1.29, 1.82) is 0 Å². The minimum atomic E-state index is -3.40. The van der Waals surface area contributed by atoms with E-state index in [2.05, 4.69) is 18.9 Å². The van der Waals surface area contributed by atoms with E-state index in [0.29, 0.717) is 0 Å². The van der Waals surface area contributed by atoms with Crippen molar-refractivity contribution in [1.82, 2.24) is 0 Å². The molecule has 0 bridgehead atoms. The van der Waals surface area contributed by atoms with Gasteiger partial charge in [0.2, 0.25) is 0 Å². The first kappa shape index (κ1) is 30.2. The van der Waals surface area contributed by atoms with Gasteiger partial charge in [-0.15, -0.1) is 0 Å². The van der Waals surface area contributed by atoms with Gasteiger partial charge >= 0.3 is 78.9 Å². The molecule has 0 aliphatic carbocycles. The van der Waals surface area contributed by atoms with E-state index < -0.39 is 78.6 Å². The molecular formula is C13H12BaO18. The largest absolute Gasteiger partial charge is 2.00 e. The van der Waals surface area contributed by atoms with Crippen molar-refractivity contribution in [3.63, 3.8) is 0 Å². The minimum Gasteiger partial charge on any atom is -0.547 e. The van der Waals surface area contributed by atoms with Crippen molar-refractivity contribution in [3.05, 3.63) is 0 Å². The van der Waals surface area contributed by atoms with Crippen LogP contribution in [0.25, 0.3) is 0 Å². The number of carboxylic acids is 2. The van der Waals surface area contributed by atoms with Gasteiger partial charge in [0.1, 0.15) is 12.2 Å². The fraction of sp³-hybridized carbons (Fsp3) is 0.538. The molecule has 0 amide bonds. The third-order valence-electron chi connectivity index (χ3n) is 3.25. The van der Waals surface area contributed by atoms with E-state index in [-0.39, 0.29) is 48.9 Å². The van der Waals surface area contributed by atoms with Crippen LogP contribution in [-0.2, 0) is 47.7 Å². The molecule has 2 aliphatic heterocycles. The van der Waals surface area contributed by atoms with Crippen LogP contribution >= 0.6 is 0 Å². The van der Waals surface area contributed by atoms with Gasteiger partial charge in [0.05, 0.1) is 11.9 Å². The predicted octanol–water partition coefficient (Wildman–Crippen LogP) is -9.93. The van der Waals surface area contributed by atoms with Crippen molar-refractivity contribution >= 4 is 84.7 Å². The van der Waals surface area contributed by atoms with E-state index in [1.807, 2.05) is 0 Å². The molecule has 1 spiro atoms. The van der Waals surface area contributed by atoms with Gasteiger partial charge in [-0.25, -0.2) is 19.2 Å². The summed E-state index contributed by atoms with van der Waals surface area (Å²) in [4.78, 5) is 64.7. The molecule has 18 nitrogen and oxygen atoms in total. The van der Waals surface area contributed by atoms with E-state index in [9.17, 15) is 59.4 Å². The standard InChI is InChI=1S/C9H8O12.C4H6O6.Ba/c10-1-2(11)6(15)19-9(18-5(1)14)20-7(16)3(12)4(13)8(17)21-9;5-1(3(7)8)2(6)4(9)10;/h1-4,10-13H;1-2,5-6H,(H,7,8)(H,9,10);/q;;+2/p-2. The maximum Gasteiger partial charge on any atom is 2.00 e. The monoisotopic (exact) mass is 594 g/mol. The fourth-order valence-electron chi connectivity index (χ4n) is 1.63. The van der Waals surface area contributed by atoms with Crippen molar-refractivity contribution in [2.45, 2.75) is 42.8 Å². The molecule has 32 heavy (non-hydrogen) atoms. The average molecular weight is 594 g/mol. The summed E-state index contributed by atoms with van der Waals surface area (Å²) in [7, 11) is 0. The number of hydrogen-bond acceptors (Lipinski definition) is 18. The van der Waals surface area contributed by atoms with Crippen LogP contribution in [-0.4, -0.2) is 158 Å². The van der Waals surface area contributed by atoms with Crippen LogP contribution < -0.4 is 10.2 Å². The van der Waals surface area contributed by atoms with Crippen LogP contribution in [0.15, 0.2) is 0 Å². The Morgan fingerprint density at radius 2 is 0.844 bits per heavy atom. The number of ether oxygens (including phenoxy) is 4. The summed E-state index contributed by atoms with van der Waals surface area (Å²) in [5.74, 6) is -11.0. The first-order valence-electron chi connectivity index (χ1n) is 7.55. The summed E-state index contributed by atoms with van der Waals surface area (Å²) < 4.78 is 16.8. The molecule has 2 rings (SSSR count). The first-order chi connectivity index (χ1) is 14.1. The number of rotatable bonds is 3. The first-order valence-corrected chi connectivity index (χ1v) is 7.55. The van der Waals surface area contributed by atoms with Gasteiger partial charge in [-0.3, -0.25) is 0 Å². The molecule has 2 aliphatic rings. The van der Waals surface area contributed by atoms with Crippen LogP contribution in [0.1, 0.15) is 0 Å². The van der Waals surface area contributed by atoms with Crippen LogP contribution in [0.3, 0.4) is 0 Å². The summed E-state index contributed by atoms with van der Waals surface area (Å²) in [5, 5.41) is 72.6. The van der Waals surface area contributed by atoms with E-state index in [1.165, 1.54) is 0 Å². The Bertz CT molecular complexity index is 667. The second-order valence-electron chi connectivity index (χ2n) is 5.49. The molecule has 0 aromatic heterocycles. The number of aliphatic hydroxyl groups is 6. The molecule has 6 unspecified atom stereocenters. The summed E-state index contributed by atoms with van der Waals surface area (Å²) in [6.45, 7) is 0. The van der Waals surface area contributed by atoms with Crippen molar-refractivity contribution in [2.75, 3.05) is 0 Å². The molecule has 2 fully saturated rings. The maximum absolute atomic E-state index is 11.4. The van der Waals surface area contributed by atoms with Crippen LogP contribution in [0.2, 0.25) is 0 Å². The van der Waals surface area contributed by atoms with Gasteiger partial charge in [0, 0.05) is 0 Å². The summed E-state index contributed by atoms with van der Waals surface area (Å²) in [6.07, 6.45) is -17.9. The number of aliphatic hydroxyl groups excluding tert-OH is 6. The smallest absolute Gasteiger partial charge is 0.547 e. The number of carbonyl (C=O) groups excluding carboxylic acids is 6. The zero-order valence-corrected chi connectivity index (χ0v) is 19.7. The normalized spacial score (nSPS) is 31.6. The molecule has 174 valence electrons. The van der Waals surface area contributed by atoms with Crippen molar-refractivity contribution < 1.29 is 88.6 Å². The Kier molecular flexibility index (Phi) is 11.2. The zero-order chi connectivity index (χ0) is 24.3. The van der Waals surface area contributed by atoms with E-state index in [1.54, 1.807) is 0 Å². The topological polar surface area (TPSA) is 307 Å². The van der Waals surface area contributed by atoms with Gasteiger partial charge < -0.3 is 69.4 Å². The number of hydrogen-bond donors (Lipinski definition) is 6. The number of carboxylic acid groups (broad SMARTS) is 2. The van der Waals surface area contributed by atoms with Crippen molar-refractivity contribution in [3.8, 4) is 0 Å². The average Bonchev–Trinajstić information content (AvgIpc) is 2.81. The number of esters is 4. The van der Waals surface area contributed by atoms with Crippen LogP contribution in [0.4, 0.5) is 0 Å². The molecule has 0 aromatic rings. The second-order valence-corrected chi connectivity index (χ2v) is 5.49. The Morgan fingerprint density at radius 3 is 1.00 bits per heavy atom. The molecule has 2 heterocycles. The van der Waals surface area contributed by atoms with Gasteiger partial charge in [0.15, 0.2) is 24.4 Å². The molecule has 2 saturated heterocycles. The number of carbonyl (C=O) groups is 6. The molecule has 6 atom stereocenters. The quantitative estimate of drug-likeness (QED) is 0.131. The van der Waals surface area contributed by atoms with Crippen molar-refractivity contribution in [2.24, 2.45) is 0 Å². The molecule has 0 saturated carbocycles. The van der Waals surface area contributed by atoms with Gasteiger partial charge in [0.25, 0.3) is 0 Å². The van der Waals surface area contributed by atoms with Gasteiger partial charge in [-0.1, -0.05) is 0 Å². The Balaban J connectivity index is 0.000000747. The molecule has 6 N–H and O–H groups in total. The van der Waals surface area contributed by atoms with E-state index >= 15 is 0 Å². The van der Waals surface area contributed by atoms with Crippen LogP contribution in [0.5, 0.6) is 0 Å². The fourth-order valence-corrected chi connectivity index (χ4v) is 1.63. The summed E-state index contributed by atoms with van der Waals surface area (Å²) >= 11 is 0. The second kappa shape index (κ2) is 11.9. The molecular weight excluding hydrogens is 581 g/mol. The van der Waals surface area contributed by atoms with E-state index in [4.69, 9.17) is 10.2 Å². The number of aliphatic carboxylic acids is 2. The SMILES string of the molecule is O=C([O-])C(O)C(O)C(=O)[O-].O=C1OC2(OC(=O)C(O)C1O)OC(=O)C(O)C(O)C(=O)O2.[Ba+2]. The molecule has 0 radical (unpaired) electrons. The summed E-state index contributed by atoms with van der Waals surface area (Å²) in [6, 6.07) is 0. The third kappa shape index (κ3) is 7.08. The predicted molar refractivity (Wildman–Crippen MR) is 78.9 cm³/mol. The Hall–Kier alpha value is -1.85. The van der Waals surface area contributed by atoms with Gasteiger partial charge in [-0.05, 0) is 0 Å². The maximum atomic E-state index is 11.4. The molecule has 0 aromatic carbocycles. The zero-order valence-electron chi connectivity index (χ0n) is 15.3. The minimum absolute atomic E-state index is 0. The van der Waals surface area contributed by atoms with Crippen LogP contribution in [0, 0.1) is 0 Å². The van der Waals surface area contributed by atoms with Gasteiger partial charge in [-0.2, -0.15) is 0 Å². The van der Waals surface area contributed by atoms with E-state index in [0.717, 1.165) is 0 Å². The Morgan fingerprint density at radius 1 is 0.656 bits per heavy atom. The summed E-state index contributed by atoms with van der Waals surface area (Å²) in [5.41, 5.74) is 0. The third-order valence-corrected chi connectivity index (χ3v) is 3.25. The molecule has 19 heteroatoms.